The summed E-state index contributed by atoms with van der Waals surface area (Å²) in [5, 5.41) is 3.14. The first-order chi connectivity index (χ1) is 7.72. The van der Waals surface area contributed by atoms with Gasteiger partial charge in [0.25, 0.3) is 11.5 Å². The summed E-state index contributed by atoms with van der Waals surface area (Å²) in [6.45, 7) is 1.38. The number of aromatic amines is 1. The number of likely N-dealkylation sites (tertiary alicyclic amines) is 1. The van der Waals surface area contributed by atoms with Crippen molar-refractivity contribution in [2.24, 2.45) is 0 Å². The fourth-order valence-electron chi connectivity index (χ4n) is 1.94. The van der Waals surface area contributed by atoms with Gasteiger partial charge in [0.1, 0.15) is 5.56 Å². The highest BCUT2D eigenvalue weighted by Crippen LogP contribution is 2.11. The van der Waals surface area contributed by atoms with E-state index in [9.17, 15) is 9.59 Å². The molecule has 0 saturated carbocycles. The lowest BCUT2D eigenvalue weighted by Crippen LogP contribution is -2.35. The number of nitrogens with zero attached hydrogens (tertiary/aromatic N) is 1. The summed E-state index contributed by atoms with van der Waals surface area (Å²) in [7, 11) is 1.88. The Morgan fingerprint density at radius 3 is 3.06 bits per heavy atom. The zero-order chi connectivity index (χ0) is 11.5. The maximum absolute atomic E-state index is 12.0. The average molecular weight is 221 g/mol. The van der Waals surface area contributed by atoms with Gasteiger partial charge in [-0.05, 0) is 25.6 Å². The van der Waals surface area contributed by atoms with E-state index in [1.165, 1.54) is 6.20 Å². The second-order valence-electron chi connectivity index (χ2n) is 3.94. The fourth-order valence-corrected chi connectivity index (χ4v) is 1.94. The number of nitrogens with one attached hydrogen (secondary N) is 2. The Bertz CT molecular complexity index is 441. The molecule has 0 spiro atoms. The zero-order valence-electron chi connectivity index (χ0n) is 9.19. The second-order valence-corrected chi connectivity index (χ2v) is 3.94. The second kappa shape index (κ2) is 4.49. The zero-order valence-corrected chi connectivity index (χ0v) is 9.19. The molecular formula is C11H15N3O2. The molecule has 16 heavy (non-hydrogen) atoms. The van der Waals surface area contributed by atoms with Crippen molar-refractivity contribution in [3.63, 3.8) is 0 Å². The van der Waals surface area contributed by atoms with Gasteiger partial charge in [0.05, 0.1) is 0 Å². The number of likely N-dealkylation sites (N-methyl/N-ethyl adjacent to an activating group) is 1. The Morgan fingerprint density at radius 2 is 2.44 bits per heavy atom. The first-order valence-corrected chi connectivity index (χ1v) is 5.36. The molecule has 1 aromatic rings. The van der Waals surface area contributed by atoms with Crippen LogP contribution in [0.25, 0.3) is 0 Å². The van der Waals surface area contributed by atoms with Crippen LogP contribution in [0.5, 0.6) is 0 Å². The largest absolute Gasteiger partial charge is 0.337 e. The van der Waals surface area contributed by atoms with Crippen LogP contribution in [0, 0.1) is 0 Å². The molecule has 1 unspecified atom stereocenters. The number of hydrogen-bond acceptors (Lipinski definition) is 3. The molecule has 0 bridgehead atoms. The van der Waals surface area contributed by atoms with Crippen LogP contribution >= 0.6 is 0 Å². The molecule has 1 aromatic heterocycles. The van der Waals surface area contributed by atoms with Gasteiger partial charge in [-0.25, -0.2) is 0 Å². The quantitative estimate of drug-likeness (QED) is 0.727. The molecule has 0 aliphatic carbocycles. The summed E-state index contributed by atoms with van der Waals surface area (Å²) in [6.07, 6.45) is 2.46. The molecular weight excluding hydrogens is 206 g/mol. The molecule has 1 amide bonds. The summed E-state index contributed by atoms with van der Waals surface area (Å²) >= 11 is 0. The predicted octanol–water partition coefficient (Wildman–Crippen LogP) is -0.191. The molecule has 2 N–H and O–H groups in total. The Kier molecular flexibility index (Phi) is 3.05. The third kappa shape index (κ3) is 1.99. The highest BCUT2D eigenvalue weighted by Gasteiger charge is 2.26. The van der Waals surface area contributed by atoms with E-state index < -0.39 is 0 Å². The Balaban J connectivity index is 2.15. The number of aromatic nitrogens is 1. The van der Waals surface area contributed by atoms with Crippen LogP contribution < -0.4 is 10.9 Å². The summed E-state index contributed by atoms with van der Waals surface area (Å²) in [5.74, 6) is -0.181. The van der Waals surface area contributed by atoms with Crippen LogP contribution in [0.4, 0.5) is 0 Å². The Hall–Kier alpha value is -1.62. The predicted molar refractivity (Wildman–Crippen MR) is 60.4 cm³/mol. The maximum atomic E-state index is 12.0. The number of carbonyl (C=O) groups excluding carboxylic acids is 1. The maximum Gasteiger partial charge on any atom is 0.260 e. The van der Waals surface area contributed by atoms with Crippen molar-refractivity contribution in [1.82, 2.24) is 15.2 Å². The molecule has 0 aromatic carbocycles. The monoisotopic (exact) mass is 221 g/mol. The van der Waals surface area contributed by atoms with Gasteiger partial charge in [-0.3, -0.25) is 9.59 Å². The van der Waals surface area contributed by atoms with Crippen LogP contribution in [0.3, 0.4) is 0 Å². The van der Waals surface area contributed by atoms with Crippen LogP contribution in [0.15, 0.2) is 23.1 Å². The van der Waals surface area contributed by atoms with E-state index in [4.69, 9.17) is 0 Å². The molecule has 2 heterocycles. The lowest BCUT2D eigenvalue weighted by Gasteiger charge is -2.15. The van der Waals surface area contributed by atoms with Gasteiger partial charge in [-0.2, -0.15) is 0 Å². The number of amides is 1. The molecule has 1 aliphatic heterocycles. The normalized spacial score (nSPS) is 20.1. The SMILES string of the molecule is CNC1CCN(C(=O)c2ccc[nH]c2=O)C1. The number of rotatable bonds is 2. The van der Waals surface area contributed by atoms with Gasteiger partial charge < -0.3 is 15.2 Å². The molecule has 5 heteroatoms. The number of hydrogen-bond donors (Lipinski definition) is 2. The summed E-state index contributed by atoms with van der Waals surface area (Å²) in [4.78, 5) is 27.7. The topological polar surface area (TPSA) is 65.2 Å². The van der Waals surface area contributed by atoms with Crippen LogP contribution in [0.2, 0.25) is 0 Å². The Labute approximate surface area is 93.5 Å². The number of carbonyl (C=O) groups is 1. The van der Waals surface area contributed by atoms with Crippen LogP contribution in [-0.2, 0) is 0 Å². The van der Waals surface area contributed by atoms with Crippen molar-refractivity contribution in [2.45, 2.75) is 12.5 Å². The third-order valence-electron chi connectivity index (χ3n) is 2.93. The molecule has 1 aliphatic rings. The minimum absolute atomic E-state index is 0.181. The van der Waals surface area contributed by atoms with Crippen LogP contribution in [-0.4, -0.2) is 42.0 Å². The molecule has 0 radical (unpaired) electrons. The van der Waals surface area contributed by atoms with E-state index in [1.54, 1.807) is 17.0 Å². The van der Waals surface area contributed by atoms with E-state index in [0.717, 1.165) is 6.42 Å². The minimum Gasteiger partial charge on any atom is -0.337 e. The van der Waals surface area contributed by atoms with Gasteiger partial charge in [-0.1, -0.05) is 0 Å². The first kappa shape index (κ1) is 10.9. The molecule has 5 nitrogen and oxygen atoms in total. The lowest BCUT2D eigenvalue weighted by atomic mass is 10.2. The van der Waals surface area contributed by atoms with Crippen LogP contribution in [0.1, 0.15) is 16.8 Å². The molecule has 1 fully saturated rings. The van der Waals surface area contributed by atoms with E-state index in [0.29, 0.717) is 19.1 Å². The van der Waals surface area contributed by atoms with E-state index in [1.807, 2.05) is 7.05 Å². The molecule has 2 rings (SSSR count). The van der Waals surface area contributed by atoms with Gasteiger partial charge in [0.15, 0.2) is 0 Å². The van der Waals surface area contributed by atoms with Crippen molar-refractivity contribution in [3.05, 3.63) is 34.2 Å². The molecule has 86 valence electrons. The van der Waals surface area contributed by atoms with E-state index in [2.05, 4.69) is 10.3 Å². The smallest absolute Gasteiger partial charge is 0.260 e. The minimum atomic E-state index is -0.319. The Morgan fingerprint density at radius 1 is 1.62 bits per heavy atom. The van der Waals surface area contributed by atoms with Gasteiger partial charge in [-0.15, -0.1) is 0 Å². The number of H-pyrrole nitrogens is 1. The van der Waals surface area contributed by atoms with Crippen molar-refractivity contribution < 1.29 is 4.79 Å². The van der Waals surface area contributed by atoms with Crippen molar-refractivity contribution in [1.29, 1.82) is 0 Å². The van der Waals surface area contributed by atoms with Gasteiger partial charge >= 0.3 is 0 Å². The van der Waals surface area contributed by atoms with Crippen molar-refractivity contribution in [2.75, 3.05) is 20.1 Å². The van der Waals surface area contributed by atoms with Gasteiger partial charge in [0.2, 0.25) is 0 Å². The van der Waals surface area contributed by atoms with Crippen molar-refractivity contribution in [3.8, 4) is 0 Å². The first-order valence-electron chi connectivity index (χ1n) is 5.36. The molecule has 1 saturated heterocycles. The standard InChI is InChI=1S/C11H15N3O2/c1-12-8-4-6-14(7-8)11(16)9-3-2-5-13-10(9)15/h2-3,5,8,12H,4,6-7H2,1H3,(H,13,15). The third-order valence-corrected chi connectivity index (χ3v) is 2.93. The summed E-state index contributed by atoms with van der Waals surface area (Å²) in [6, 6.07) is 3.57. The van der Waals surface area contributed by atoms with Gasteiger partial charge in [0, 0.05) is 25.3 Å². The average Bonchev–Trinajstić information content (AvgIpc) is 2.77. The number of pyridine rings is 1. The lowest BCUT2D eigenvalue weighted by molar-refractivity contribution is 0.0788. The van der Waals surface area contributed by atoms with E-state index >= 15 is 0 Å². The van der Waals surface area contributed by atoms with E-state index in [-0.39, 0.29) is 17.0 Å². The fraction of sp³-hybridized carbons (Fsp3) is 0.455. The van der Waals surface area contributed by atoms with Crippen molar-refractivity contribution >= 4 is 5.91 Å². The highest BCUT2D eigenvalue weighted by molar-refractivity contribution is 5.94. The summed E-state index contributed by atoms with van der Waals surface area (Å²) < 4.78 is 0. The summed E-state index contributed by atoms with van der Waals surface area (Å²) in [5.41, 5.74) is -0.0975. The highest BCUT2D eigenvalue weighted by atomic mass is 16.2. The molecule has 1 atom stereocenters.